The Hall–Kier alpha value is -4.28. The van der Waals surface area contributed by atoms with Crippen LogP contribution >= 0.6 is 0 Å². The number of hydrogen-bond acceptors (Lipinski definition) is 8. The van der Waals surface area contributed by atoms with Crippen LogP contribution in [0.5, 0.6) is 11.5 Å². The monoisotopic (exact) mass is 576 g/mol. The minimum absolute atomic E-state index is 0.169. The summed E-state index contributed by atoms with van der Waals surface area (Å²) < 4.78 is 26.3. The fraction of sp³-hybridized carbons (Fsp3) is 0.375. The first-order valence-electron chi connectivity index (χ1n) is 13.8. The Morgan fingerprint density at radius 2 is 1.05 bits per heavy atom. The van der Waals surface area contributed by atoms with E-state index in [2.05, 4.69) is 0 Å². The van der Waals surface area contributed by atoms with E-state index in [4.69, 9.17) is 18.9 Å². The van der Waals surface area contributed by atoms with Crippen molar-refractivity contribution in [2.75, 3.05) is 42.4 Å². The molecule has 0 saturated carbocycles. The van der Waals surface area contributed by atoms with Gasteiger partial charge in [-0.15, -0.1) is 0 Å². The van der Waals surface area contributed by atoms with E-state index in [9.17, 15) is 9.59 Å². The van der Waals surface area contributed by atoms with Crippen molar-refractivity contribution in [3.63, 3.8) is 0 Å². The van der Waals surface area contributed by atoms with Gasteiger partial charge >= 0.3 is 11.9 Å². The number of hydrogen-bond donors (Lipinski definition) is 0. The Morgan fingerprint density at radius 1 is 0.667 bits per heavy atom. The molecule has 4 aromatic rings. The lowest BCUT2D eigenvalue weighted by Gasteiger charge is -2.30. The molecule has 0 N–H and O–H groups in total. The lowest BCUT2D eigenvalue weighted by molar-refractivity contribution is -0.154. The van der Waals surface area contributed by atoms with Gasteiger partial charge in [0.2, 0.25) is 0 Å². The Bertz CT molecular complexity index is 1450. The van der Waals surface area contributed by atoms with Crippen molar-refractivity contribution in [3.05, 3.63) is 73.1 Å². The zero-order chi connectivity index (χ0) is 30.6. The summed E-state index contributed by atoms with van der Waals surface area (Å²) in [6.45, 7) is 3.94. The summed E-state index contributed by atoms with van der Waals surface area (Å²) in [5.41, 5.74) is 1.78. The second-order valence-electron chi connectivity index (χ2n) is 10.7. The molecule has 0 amide bonds. The SMILES string of the molecule is COc1ccc2c(ccn2C(OC(=O)/C=C/C(=O)OC(C(C)N(C)C)n2ccc3cc(OC)ccc32)C(C)N(C)C)c1. The first kappa shape index (κ1) is 30.7. The molecule has 10 nitrogen and oxygen atoms in total. The highest BCUT2D eigenvalue weighted by Gasteiger charge is 2.27. The maximum absolute atomic E-state index is 13.0. The van der Waals surface area contributed by atoms with E-state index in [0.29, 0.717) is 0 Å². The minimum atomic E-state index is -0.656. The summed E-state index contributed by atoms with van der Waals surface area (Å²) in [6.07, 6.45) is 4.69. The molecule has 224 valence electrons. The molecule has 0 bridgehead atoms. The second-order valence-corrected chi connectivity index (χ2v) is 10.7. The number of aromatic nitrogens is 2. The molecule has 0 aliphatic rings. The Kier molecular flexibility index (Phi) is 9.59. The fourth-order valence-electron chi connectivity index (χ4n) is 4.72. The smallest absolute Gasteiger partial charge is 0.333 e. The summed E-state index contributed by atoms with van der Waals surface area (Å²) in [7, 11) is 10.9. The number of ether oxygens (including phenoxy) is 4. The van der Waals surface area contributed by atoms with Crippen LogP contribution in [0, 0.1) is 0 Å². The third-order valence-electron chi connectivity index (χ3n) is 7.69. The summed E-state index contributed by atoms with van der Waals surface area (Å²) >= 11 is 0. The maximum atomic E-state index is 13.0. The van der Waals surface area contributed by atoms with Gasteiger partial charge in [0.1, 0.15) is 11.5 Å². The zero-order valence-electron chi connectivity index (χ0n) is 25.5. The fourth-order valence-corrected chi connectivity index (χ4v) is 4.72. The van der Waals surface area contributed by atoms with E-state index >= 15 is 0 Å². The maximum Gasteiger partial charge on any atom is 0.333 e. The van der Waals surface area contributed by atoms with Crippen LogP contribution in [0.4, 0.5) is 0 Å². The van der Waals surface area contributed by atoms with Crippen molar-refractivity contribution in [2.45, 2.75) is 38.4 Å². The van der Waals surface area contributed by atoms with Crippen LogP contribution in [-0.2, 0) is 19.1 Å². The molecule has 2 aromatic heterocycles. The van der Waals surface area contributed by atoms with Gasteiger partial charge in [-0.05, 0) is 90.6 Å². The molecule has 2 heterocycles. The van der Waals surface area contributed by atoms with Gasteiger partial charge < -0.3 is 37.9 Å². The number of likely N-dealkylation sites (N-methyl/N-ethyl adjacent to an activating group) is 2. The molecule has 0 saturated heterocycles. The third-order valence-corrected chi connectivity index (χ3v) is 7.69. The predicted molar refractivity (Wildman–Crippen MR) is 163 cm³/mol. The normalized spacial score (nSPS) is 14.8. The van der Waals surface area contributed by atoms with E-state index in [1.54, 1.807) is 14.2 Å². The quantitative estimate of drug-likeness (QED) is 0.175. The number of nitrogens with zero attached hydrogens (tertiary/aromatic N) is 4. The molecule has 42 heavy (non-hydrogen) atoms. The van der Waals surface area contributed by atoms with Crippen LogP contribution in [-0.4, -0.2) is 85.4 Å². The number of fused-ring (bicyclic) bond motifs is 2. The summed E-state index contributed by atoms with van der Waals surface area (Å²) in [5.74, 6) is 0.171. The van der Waals surface area contributed by atoms with Crippen molar-refractivity contribution >= 4 is 33.7 Å². The molecule has 0 radical (unpaired) electrons. The zero-order valence-corrected chi connectivity index (χ0v) is 25.5. The van der Waals surface area contributed by atoms with Crippen LogP contribution < -0.4 is 9.47 Å². The Labute approximate surface area is 246 Å². The van der Waals surface area contributed by atoms with Gasteiger partial charge in [0, 0.05) is 35.3 Å². The number of esters is 2. The van der Waals surface area contributed by atoms with E-state index in [-0.39, 0.29) is 12.1 Å². The summed E-state index contributed by atoms with van der Waals surface area (Å²) in [6, 6.07) is 15.0. The molecular formula is C32H40N4O6. The van der Waals surface area contributed by atoms with Gasteiger partial charge in [-0.2, -0.15) is 0 Å². The van der Waals surface area contributed by atoms with Gasteiger partial charge in [-0.25, -0.2) is 9.59 Å². The average molecular weight is 577 g/mol. The minimum Gasteiger partial charge on any atom is -0.497 e. The highest BCUT2D eigenvalue weighted by molar-refractivity contribution is 5.92. The Balaban J connectivity index is 1.53. The highest BCUT2D eigenvalue weighted by Crippen LogP contribution is 2.29. The van der Waals surface area contributed by atoms with Crippen LogP contribution in [0.3, 0.4) is 0 Å². The average Bonchev–Trinajstić information content (AvgIpc) is 3.60. The molecular weight excluding hydrogens is 536 g/mol. The molecule has 4 unspecified atom stereocenters. The van der Waals surface area contributed by atoms with Crippen molar-refractivity contribution in [1.82, 2.24) is 18.9 Å². The van der Waals surface area contributed by atoms with Crippen molar-refractivity contribution in [3.8, 4) is 11.5 Å². The second kappa shape index (κ2) is 13.1. The van der Waals surface area contributed by atoms with E-state index < -0.39 is 24.4 Å². The third kappa shape index (κ3) is 6.61. The van der Waals surface area contributed by atoms with Crippen molar-refractivity contribution in [1.29, 1.82) is 0 Å². The number of benzene rings is 2. The largest absolute Gasteiger partial charge is 0.497 e. The lowest BCUT2D eigenvalue weighted by atomic mass is 10.2. The standard InChI is InChI=1S/C32H40N4O6/c1-21(33(3)4)31(35-17-15-23-19-25(39-7)9-11-27(23)35)41-29(37)13-14-30(38)42-32(22(2)34(5)6)36-18-16-24-20-26(40-8)10-12-28(24)36/h9-22,31-32H,1-8H3/b14-13+. The molecule has 0 aliphatic heterocycles. The van der Waals surface area contributed by atoms with Gasteiger partial charge in [-0.1, -0.05) is 0 Å². The van der Waals surface area contributed by atoms with Crippen molar-refractivity contribution < 1.29 is 28.5 Å². The predicted octanol–water partition coefficient (Wildman–Crippen LogP) is 4.85. The lowest BCUT2D eigenvalue weighted by Crippen LogP contribution is -2.37. The first-order valence-corrected chi connectivity index (χ1v) is 13.8. The number of carbonyl (C=O) groups is 2. The Morgan fingerprint density at radius 3 is 1.38 bits per heavy atom. The molecule has 0 aliphatic carbocycles. The molecule has 2 aromatic carbocycles. The van der Waals surface area contributed by atoms with Gasteiger partial charge in [-0.3, -0.25) is 0 Å². The van der Waals surface area contributed by atoms with Gasteiger partial charge in [0.15, 0.2) is 12.5 Å². The molecule has 0 spiro atoms. The highest BCUT2D eigenvalue weighted by atomic mass is 16.6. The molecule has 0 fully saturated rings. The molecule has 10 heteroatoms. The number of carbonyl (C=O) groups excluding carboxylic acids is 2. The van der Waals surface area contributed by atoms with Crippen LogP contribution in [0.25, 0.3) is 21.8 Å². The van der Waals surface area contributed by atoms with E-state index in [1.165, 1.54) is 0 Å². The number of methoxy groups -OCH3 is 2. The molecule has 4 atom stereocenters. The summed E-state index contributed by atoms with van der Waals surface area (Å²) in [5, 5.41) is 1.91. The topological polar surface area (TPSA) is 87.4 Å². The van der Waals surface area contributed by atoms with Gasteiger partial charge in [0.05, 0.1) is 37.3 Å². The van der Waals surface area contributed by atoms with Gasteiger partial charge in [0.25, 0.3) is 0 Å². The van der Waals surface area contributed by atoms with Crippen molar-refractivity contribution in [2.24, 2.45) is 0 Å². The van der Waals surface area contributed by atoms with E-state index in [1.807, 2.05) is 122 Å². The van der Waals surface area contributed by atoms with E-state index in [0.717, 1.165) is 45.5 Å². The molecule has 4 rings (SSSR count). The number of rotatable bonds is 12. The van der Waals surface area contributed by atoms with Crippen LogP contribution in [0.2, 0.25) is 0 Å². The first-order chi connectivity index (χ1) is 20.0. The van der Waals surface area contributed by atoms with Crippen LogP contribution in [0.1, 0.15) is 26.3 Å². The summed E-state index contributed by atoms with van der Waals surface area (Å²) in [4.78, 5) is 30.0. The van der Waals surface area contributed by atoms with Crippen LogP contribution in [0.15, 0.2) is 73.1 Å².